The molecule has 0 radical (unpaired) electrons. The molecule has 0 saturated carbocycles. The predicted molar refractivity (Wildman–Crippen MR) is 250 cm³/mol. The zero-order valence-corrected chi connectivity index (χ0v) is 35.0. The summed E-state index contributed by atoms with van der Waals surface area (Å²) >= 11 is 0. The van der Waals surface area contributed by atoms with Crippen LogP contribution in [0.3, 0.4) is 0 Å². The molecule has 3 heteroatoms. The SMILES string of the molecule is CC(C)(C)c1ccc(N(c2ccc(C(C)(C)C)cc2)c2cc3c(c4oc5ccccc5c24)-c2c(ccc4c2oc2ccccc24)C3(c2ccccc2)c2ccccc2)cc1. The van der Waals surface area contributed by atoms with Gasteiger partial charge < -0.3 is 13.7 Å². The summed E-state index contributed by atoms with van der Waals surface area (Å²) in [5.74, 6) is 0. The lowest BCUT2D eigenvalue weighted by Gasteiger charge is -2.35. The van der Waals surface area contributed by atoms with Gasteiger partial charge in [0.1, 0.15) is 22.3 Å². The van der Waals surface area contributed by atoms with Crippen molar-refractivity contribution in [1.29, 1.82) is 0 Å². The number of fused-ring (bicyclic) bond motifs is 11. The number of anilines is 3. The number of rotatable bonds is 5. The maximum atomic E-state index is 7.26. The number of benzene rings is 8. The summed E-state index contributed by atoms with van der Waals surface area (Å²) < 4.78 is 14.2. The monoisotopic (exact) mass is 777 g/mol. The Bertz CT molecular complexity index is 3150. The van der Waals surface area contributed by atoms with Gasteiger partial charge in [0.05, 0.1) is 16.5 Å². The van der Waals surface area contributed by atoms with Gasteiger partial charge in [0.2, 0.25) is 0 Å². The molecule has 8 aromatic carbocycles. The zero-order chi connectivity index (χ0) is 41.0. The molecule has 0 spiro atoms. The van der Waals surface area contributed by atoms with Crippen LogP contribution in [-0.4, -0.2) is 0 Å². The molecule has 3 nitrogen and oxygen atoms in total. The van der Waals surface area contributed by atoms with Gasteiger partial charge in [-0.15, -0.1) is 0 Å². The van der Waals surface area contributed by atoms with Crippen LogP contribution in [0.25, 0.3) is 55.0 Å². The molecule has 1 aliphatic carbocycles. The number of nitrogens with zero attached hydrogens (tertiary/aromatic N) is 1. The maximum Gasteiger partial charge on any atom is 0.145 e. The van der Waals surface area contributed by atoms with Crippen molar-refractivity contribution in [2.45, 2.75) is 57.8 Å². The van der Waals surface area contributed by atoms with Gasteiger partial charge >= 0.3 is 0 Å². The first-order chi connectivity index (χ1) is 29.0. The van der Waals surface area contributed by atoms with E-state index in [2.05, 4.69) is 222 Å². The molecule has 2 aromatic heterocycles. The summed E-state index contributed by atoms with van der Waals surface area (Å²) in [5, 5.41) is 4.35. The summed E-state index contributed by atoms with van der Waals surface area (Å²) in [4.78, 5) is 2.45. The molecule has 0 fully saturated rings. The Labute approximate surface area is 351 Å². The molecule has 11 rings (SSSR count). The Hall–Kier alpha value is -6.84. The summed E-state index contributed by atoms with van der Waals surface area (Å²) in [5.41, 5.74) is 15.4. The van der Waals surface area contributed by atoms with Gasteiger partial charge in [0.15, 0.2) is 0 Å². The normalized spacial score (nSPS) is 13.6. The highest BCUT2D eigenvalue weighted by Crippen LogP contribution is 2.62. The topological polar surface area (TPSA) is 29.5 Å². The van der Waals surface area contributed by atoms with Gasteiger partial charge in [-0.3, -0.25) is 0 Å². The Morgan fingerprint density at radius 3 is 1.43 bits per heavy atom. The van der Waals surface area contributed by atoms with Crippen LogP contribution in [0.5, 0.6) is 0 Å². The van der Waals surface area contributed by atoms with Crippen LogP contribution < -0.4 is 4.90 Å². The lowest BCUT2D eigenvalue weighted by Crippen LogP contribution is -2.28. The van der Waals surface area contributed by atoms with E-state index < -0.39 is 5.41 Å². The van der Waals surface area contributed by atoms with Gasteiger partial charge in [-0.2, -0.15) is 0 Å². The number of hydrogen-bond acceptors (Lipinski definition) is 3. The fraction of sp³-hybridized carbons (Fsp3) is 0.158. The number of hydrogen-bond donors (Lipinski definition) is 0. The average Bonchev–Trinajstić information content (AvgIpc) is 3.93. The van der Waals surface area contributed by atoms with Crippen LogP contribution in [0, 0.1) is 0 Å². The predicted octanol–water partition coefficient (Wildman–Crippen LogP) is 15.9. The van der Waals surface area contributed by atoms with Crippen LogP contribution in [-0.2, 0) is 16.2 Å². The molecule has 0 N–H and O–H groups in total. The van der Waals surface area contributed by atoms with Crippen LogP contribution >= 0.6 is 0 Å². The van der Waals surface area contributed by atoms with E-state index in [4.69, 9.17) is 8.83 Å². The summed E-state index contributed by atoms with van der Waals surface area (Å²) in [6.45, 7) is 13.6. The third kappa shape index (κ3) is 5.28. The third-order valence-electron chi connectivity index (χ3n) is 12.9. The fourth-order valence-electron chi connectivity index (χ4n) is 9.91. The maximum absolute atomic E-state index is 7.26. The molecule has 0 atom stereocenters. The van der Waals surface area contributed by atoms with Crippen molar-refractivity contribution >= 4 is 60.9 Å². The standard InChI is InChI=1S/C57H47NO2/c1-55(2,3)36-25-29-40(30-26-36)58(41-31-27-37(28-32-41)56(4,5)6)47-35-46-52(54-50(47)44-22-14-16-24-49(44)60-54)51-45(34-33-43-42-21-13-15-23-48(42)59-53(43)51)57(46,38-17-9-7-10-18-38)39-19-11-8-12-20-39/h7-35H,1-6H3. The number of para-hydroxylation sites is 2. The minimum atomic E-state index is -0.708. The van der Waals surface area contributed by atoms with Crippen molar-refractivity contribution in [3.8, 4) is 11.1 Å². The van der Waals surface area contributed by atoms with E-state index in [0.717, 1.165) is 77.6 Å². The van der Waals surface area contributed by atoms with E-state index in [0.29, 0.717) is 0 Å². The van der Waals surface area contributed by atoms with E-state index in [9.17, 15) is 0 Å². The fourth-order valence-corrected chi connectivity index (χ4v) is 9.91. The van der Waals surface area contributed by atoms with Gasteiger partial charge in [-0.05, 0) is 86.7 Å². The van der Waals surface area contributed by atoms with Crippen LogP contribution in [0.2, 0.25) is 0 Å². The molecule has 0 amide bonds. The van der Waals surface area contributed by atoms with Crippen molar-refractivity contribution < 1.29 is 8.83 Å². The molecule has 2 heterocycles. The Morgan fingerprint density at radius 2 is 0.883 bits per heavy atom. The van der Waals surface area contributed by atoms with E-state index in [1.165, 1.54) is 27.8 Å². The second-order valence-electron chi connectivity index (χ2n) is 18.5. The van der Waals surface area contributed by atoms with Crippen molar-refractivity contribution in [2.75, 3.05) is 4.90 Å². The Morgan fingerprint density at radius 1 is 0.417 bits per heavy atom. The second-order valence-corrected chi connectivity index (χ2v) is 18.5. The molecule has 292 valence electrons. The molecule has 0 unspecified atom stereocenters. The molecule has 10 aromatic rings. The molecule has 60 heavy (non-hydrogen) atoms. The summed E-state index contributed by atoms with van der Waals surface area (Å²) in [6.07, 6.45) is 0. The highest BCUT2D eigenvalue weighted by molar-refractivity contribution is 6.22. The molecule has 0 bridgehead atoms. The van der Waals surface area contributed by atoms with E-state index in [-0.39, 0.29) is 10.8 Å². The molecular formula is C57H47NO2. The van der Waals surface area contributed by atoms with Crippen molar-refractivity contribution in [1.82, 2.24) is 0 Å². The van der Waals surface area contributed by atoms with E-state index >= 15 is 0 Å². The highest BCUT2D eigenvalue weighted by Gasteiger charge is 2.49. The highest BCUT2D eigenvalue weighted by atomic mass is 16.3. The van der Waals surface area contributed by atoms with E-state index in [1.807, 2.05) is 0 Å². The second kappa shape index (κ2) is 13.1. The van der Waals surface area contributed by atoms with Crippen molar-refractivity contribution in [3.63, 3.8) is 0 Å². The van der Waals surface area contributed by atoms with Gasteiger partial charge in [0, 0.05) is 38.7 Å². The molecule has 1 aliphatic rings. The van der Waals surface area contributed by atoms with Crippen molar-refractivity contribution in [2.24, 2.45) is 0 Å². The lowest BCUT2D eigenvalue weighted by atomic mass is 9.67. The lowest BCUT2D eigenvalue weighted by molar-refractivity contribution is 0.590. The molecule has 0 aliphatic heterocycles. The first-order valence-electron chi connectivity index (χ1n) is 21.1. The third-order valence-corrected chi connectivity index (χ3v) is 12.9. The minimum absolute atomic E-state index is 0.0120. The summed E-state index contributed by atoms with van der Waals surface area (Å²) in [7, 11) is 0. The largest absolute Gasteiger partial charge is 0.455 e. The van der Waals surface area contributed by atoms with Crippen molar-refractivity contribution in [3.05, 3.63) is 209 Å². The quantitative estimate of drug-likeness (QED) is 0.174. The van der Waals surface area contributed by atoms with Gasteiger partial charge in [-0.1, -0.05) is 175 Å². The minimum Gasteiger partial charge on any atom is -0.455 e. The van der Waals surface area contributed by atoms with Crippen LogP contribution in [0.1, 0.15) is 74.9 Å². The average molecular weight is 778 g/mol. The smallest absolute Gasteiger partial charge is 0.145 e. The van der Waals surface area contributed by atoms with Crippen LogP contribution in [0.15, 0.2) is 185 Å². The summed E-state index contributed by atoms with van der Waals surface area (Å²) in [6, 6.07) is 64.3. The first kappa shape index (κ1) is 36.3. The van der Waals surface area contributed by atoms with Gasteiger partial charge in [-0.25, -0.2) is 0 Å². The molecule has 0 saturated heterocycles. The van der Waals surface area contributed by atoms with E-state index in [1.54, 1.807) is 0 Å². The van der Waals surface area contributed by atoms with Crippen LogP contribution in [0.4, 0.5) is 17.1 Å². The van der Waals surface area contributed by atoms with Gasteiger partial charge in [0.25, 0.3) is 0 Å². The Balaban J connectivity index is 1.33. The molecular weight excluding hydrogens is 731 g/mol. The first-order valence-corrected chi connectivity index (χ1v) is 21.1. The zero-order valence-electron chi connectivity index (χ0n) is 35.0. The Kier molecular flexibility index (Phi) is 7.90. The number of furan rings is 2.